The third-order valence-electron chi connectivity index (χ3n) is 4.77. The van der Waals surface area contributed by atoms with Crippen LogP contribution in [0.4, 0.5) is 0 Å². The van der Waals surface area contributed by atoms with E-state index in [0.29, 0.717) is 6.54 Å². The molecule has 4 aromatic rings. The Bertz CT molecular complexity index is 1050. The van der Waals surface area contributed by atoms with Gasteiger partial charge in [0.05, 0.1) is 12.2 Å². The summed E-state index contributed by atoms with van der Waals surface area (Å²) in [5.74, 6) is 0.780. The van der Waals surface area contributed by atoms with Crippen LogP contribution in [0.3, 0.4) is 0 Å². The summed E-state index contributed by atoms with van der Waals surface area (Å²) in [4.78, 5) is 8.96. The van der Waals surface area contributed by atoms with Crippen molar-refractivity contribution in [1.29, 1.82) is 0 Å². The van der Waals surface area contributed by atoms with E-state index in [-0.39, 0.29) is 0 Å². The summed E-state index contributed by atoms with van der Waals surface area (Å²) in [6.45, 7) is 2.22. The second-order valence-electron chi connectivity index (χ2n) is 6.77. The number of aromatic nitrogens is 4. The zero-order valence-corrected chi connectivity index (χ0v) is 16.5. The summed E-state index contributed by atoms with van der Waals surface area (Å²) < 4.78 is 3.97. The molecule has 0 saturated heterocycles. The van der Waals surface area contributed by atoms with Crippen molar-refractivity contribution in [2.75, 3.05) is 13.6 Å². The molecule has 0 aliphatic carbocycles. The summed E-state index contributed by atoms with van der Waals surface area (Å²) in [5, 5.41) is 11.1. The molecule has 2 N–H and O–H groups in total. The zero-order chi connectivity index (χ0) is 19.9. The minimum absolute atomic E-state index is 0.700. The van der Waals surface area contributed by atoms with Crippen LogP contribution in [-0.4, -0.2) is 38.7 Å². The van der Waals surface area contributed by atoms with Crippen LogP contribution in [0.15, 0.2) is 78.3 Å². The smallest absolute Gasteiger partial charge is 0.191 e. The molecule has 4 rings (SSSR count). The lowest BCUT2D eigenvalue weighted by atomic mass is 10.1. The van der Waals surface area contributed by atoms with E-state index < -0.39 is 0 Å². The summed E-state index contributed by atoms with van der Waals surface area (Å²) in [6, 6.07) is 16.3. The van der Waals surface area contributed by atoms with Gasteiger partial charge in [-0.1, -0.05) is 30.3 Å². The van der Waals surface area contributed by atoms with E-state index in [1.165, 1.54) is 11.1 Å². The van der Waals surface area contributed by atoms with Crippen molar-refractivity contribution in [2.45, 2.75) is 19.5 Å². The van der Waals surface area contributed by atoms with Crippen LogP contribution in [-0.2, 0) is 19.5 Å². The first-order valence-corrected chi connectivity index (χ1v) is 9.73. The molecule has 0 unspecified atom stereocenters. The number of benzene rings is 1. The van der Waals surface area contributed by atoms with Gasteiger partial charge in [-0.3, -0.25) is 9.67 Å². The first-order valence-electron chi connectivity index (χ1n) is 9.73. The SMILES string of the molecule is CN=C(NCCc1cn2ccccc2n1)NCc1ccccc1Cn1cccn1. The largest absolute Gasteiger partial charge is 0.356 e. The van der Waals surface area contributed by atoms with E-state index in [0.717, 1.165) is 36.8 Å². The molecule has 7 nitrogen and oxygen atoms in total. The Balaban J connectivity index is 1.30. The molecule has 0 amide bonds. The van der Waals surface area contributed by atoms with Gasteiger partial charge in [0, 0.05) is 51.3 Å². The minimum Gasteiger partial charge on any atom is -0.356 e. The highest BCUT2D eigenvalue weighted by atomic mass is 15.3. The quantitative estimate of drug-likeness (QED) is 0.378. The number of pyridine rings is 1. The normalized spacial score (nSPS) is 11.7. The van der Waals surface area contributed by atoms with Gasteiger partial charge in [-0.25, -0.2) is 4.98 Å². The summed E-state index contributed by atoms with van der Waals surface area (Å²) in [6.07, 6.45) is 8.69. The number of nitrogens with zero attached hydrogens (tertiary/aromatic N) is 5. The summed E-state index contributed by atoms with van der Waals surface area (Å²) in [5.41, 5.74) is 4.50. The lowest BCUT2D eigenvalue weighted by Gasteiger charge is -2.14. The highest BCUT2D eigenvalue weighted by molar-refractivity contribution is 5.79. The highest BCUT2D eigenvalue weighted by Crippen LogP contribution is 2.10. The van der Waals surface area contributed by atoms with Crippen molar-refractivity contribution in [3.05, 3.63) is 90.1 Å². The van der Waals surface area contributed by atoms with Gasteiger partial charge >= 0.3 is 0 Å². The van der Waals surface area contributed by atoms with Gasteiger partial charge in [-0.05, 0) is 29.3 Å². The molecule has 0 spiro atoms. The Morgan fingerprint density at radius 1 is 1.00 bits per heavy atom. The Morgan fingerprint density at radius 3 is 2.66 bits per heavy atom. The van der Waals surface area contributed by atoms with E-state index in [2.05, 4.69) is 56.2 Å². The Hall–Kier alpha value is -3.61. The molecule has 3 aromatic heterocycles. The van der Waals surface area contributed by atoms with Crippen LogP contribution in [0.5, 0.6) is 0 Å². The van der Waals surface area contributed by atoms with E-state index in [4.69, 9.17) is 0 Å². The predicted octanol–water partition coefficient (Wildman–Crippen LogP) is 2.49. The maximum absolute atomic E-state index is 4.63. The molecule has 29 heavy (non-hydrogen) atoms. The number of rotatable bonds is 7. The Morgan fingerprint density at radius 2 is 1.86 bits per heavy atom. The highest BCUT2D eigenvalue weighted by Gasteiger charge is 2.05. The zero-order valence-electron chi connectivity index (χ0n) is 16.5. The van der Waals surface area contributed by atoms with Crippen molar-refractivity contribution < 1.29 is 0 Å². The van der Waals surface area contributed by atoms with Crippen LogP contribution in [0.1, 0.15) is 16.8 Å². The van der Waals surface area contributed by atoms with Gasteiger partial charge in [0.1, 0.15) is 5.65 Å². The molecule has 3 heterocycles. The first-order chi connectivity index (χ1) is 14.3. The van der Waals surface area contributed by atoms with Crippen LogP contribution in [0, 0.1) is 0 Å². The van der Waals surface area contributed by atoms with Crippen molar-refractivity contribution >= 4 is 11.6 Å². The van der Waals surface area contributed by atoms with E-state index in [1.807, 2.05) is 45.7 Å². The molecular formula is C22H25N7. The van der Waals surface area contributed by atoms with Crippen molar-refractivity contribution in [2.24, 2.45) is 4.99 Å². The maximum atomic E-state index is 4.63. The molecule has 0 aliphatic rings. The monoisotopic (exact) mass is 387 g/mol. The Labute approximate surface area is 170 Å². The number of nitrogens with one attached hydrogen (secondary N) is 2. The van der Waals surface area contributed by atoms with Crippen molar-refractivity contribution in [3.8, 4) is 0 Å². The van der Waals surface area contributed by atoms with Crippen LogP contribution in [0.2, 0.25) is 0 Å². The molecule has 0 fully saturated rings. The number of hydrogen-bond donors (Lipinski definition) is 2. The molecule has 0 radical (unpaired) electrons. The average Bonchev–Trinajstić information content (AvgIpc) is 3.40. The molecule has 1 aromatic carbocycles. The van der Waals surface area contributed by atoms with Gasteiger partial charge in [-0.15, -0.1) is 0 Å². The van der Waals surface area contributed by atoms with Gasteiger partial charge in [-0.2, -0.15) is 5.10 Å². The number of fused-ring (bicyclic) bond motifs is 1. The molecule has 0 atom stereocenters. The van der Waals surface area contributed by atoms with E-state index in [1.54, 1.807) is 13.2 Å². The number of aliphatic imine (C=N–C) groups is 1. The lowest BCUT2D eigenvalue weighted by Crippen LogP contribution is -2.38. The summed E-state index contributed by atoms with van der Waals surface area (Å²) in [7, 11) is 1.79. The third kappa shape index (κ3) is 4.82. The molecule has 148 valence electrons. The molecule has 0 saturated carbocycles. The van der Waals surface area contributed by atoms with Crippen LogP contribution < -0.4 is 10.6 Å². The average molecular weight is 387 g/mol. The second-order valence-corrected chi connectivity index (χ2v) is 6.77. The van der Waals surface area contributed by atoms with Crippen molar-refractivity contribution in [3.63, 3.8) is 0 Å². The number of hydrogen-bond acceptors (Lipinski definition) is 3. The van der Waals surface area contributed by atoms with E-state index in [9.17, 15) is 0 Å². The van der Waals surface area contributed by atoms with Gasteiger partial charge in [0.25, 0.3) is 0 Å². The lowest BCUT2D eigenvalue weighted by molar-refractivity contribution is 0.677. The number of guanidine groups is 1. The topological polar surface area (TPSA) is 71.5 Å². The van der Waals surface area contributed by atoms with E-state index >= 15 is 0 Å². The standard InChI is InChI=1S/C22H25N7/c1-23-22(24-12-10-20-17-28-13-5-4-9-21(28)27-20)25-15-18-7-2-3-8-19(18)16-29-14-6-11-26-29/h2-9,11,13-14,17H,10,12,15-16H2,1H3,(H2,23,24,25). The molecule has 0 bridgehead atoms. The first kappa shape index (κ1) is 18.7. The third-order valence-corrected chi connectivity index (χ3v) is 4.77. The summed E-state index contributed by atoms with van der Waals surface area (Å²) >= 11 is 0. The second kappa shape index (κ2) is 9.05. The Kier molecular flexibility index (Phi) is 5.85. The van der Waals surface area contributed by atoms with Gasteiger partial charge in [0.2, 0.25) is 0 Å². The van der Waals surface area contributed by atoms with Crippen molar-refractivity contribution in [1.82, 2.24) is 29.8 Å². The molecule has 0 aliphatic heterocycles. The van der Waals surface area contributed by atoms with Gasteiger partial charge in [0.15, 0.2) is 5.96 Å². The van der Waals surface area contributed by atoms with Crippen LogP contribution >= 0.6 is 0 Å². The fourth-order valence-electron chi connectivity index (χ4n) is 3.27. The molecular weight excluding hydrogens is 362 g/mol. The molecule has 7 heteroatoms. The van der Waals surface area contributed by atoms with Gasteiger partial charge < -0.3 is 15.0 Å². The fraction of sp³-hybridized carbons (Fsp3) is 0.227. The predicted molar refractivity (Wildman–Crippen MR) is 115 cm³/mol. The maximum Gasteiger partial charge on any atom is 0.191 e. The van der Waals surface area contributed by atoms with Crippen LogP contribution in [0.25, 0.3) is 5.65 Å². The number of imidazole rings is 1. The fourth-order valence-corrected chi connectivity index (χ4v) is 3.27. The minimum atomic E-state index is 0.700.